The molecular weight excluding hydrogens is 605 g/mol. The molecule has 3 N–H and O–H groups in total. The standard InChI is InChI=1S/C34H44FN5O5Si/c1-22-30(46(2,3)35)28(19-29(42)38-17-7-10-25(38)20-41)45-34(22)26-18-24(11-12-27(26)37-31(34)43)39-21-40(23-8-5-4-6-9-23)33(32(39)44)13-15-36-16-14-33/h4-6,8-9,11-12,18,22,25,28,30,36,41H,7,10,13-17,19-21H2,1-3H3,(H,37,43)/t22-,25-,28+,30-,34+/m0/s1. The van der Waals surface area contributed by atoms with Crippen LogP contribution in [0, 0.1) is 5.92 Å². The first kappa shape index (κ1) is 31.3. The second-order valence-corrected chi connectivity index (χ2v) is 17.9. The molecule has 0 radical (unpaired) electrons. The van der Waals surface area contributed by atoms with Crippen LogP contribution in [0.1, 0.15) is 44.6 Å². The SMILES string of the molecule is C[C@H]1[C@H]([Si](C)(C)F)[C@@H](CC(=O)N2CCC[C@H]2CO)O[C@]12C(=O)Nc1ccc(N3CN(c4ccccc4)C4(CCNCC4)C3=O)cc12. The lowest BCUT2D eigenvalue weighted by molar-refractivity contribution is -0.148. The molecule has 2 aromatic rings. The molecule has 5 aliphatic heterocycles. The van der Waals surface area contributed by atoms with E-state index in [1.54, 1.807) is 22.9 Å². The van der Waals surface area contributed by atoms with E-state index in [0.717, 1.165) is 31.6 Å². The van der Waals surface area contributed by atoms with Crippen molar-refractivity contribution in [3.05, 3.63) is 54.1 Å². The van der Waals surface area contributed by atoms with Gasteiger partial charge in [0, 0.05) is 40.6 Å². The molecule has 5 aliphatic rings. The number of hydrogen-bond acceptors (Lipinski definition) is 7. The number of aliphatic hydroxyl groups excluding tert-OH is 1. The molecule has 12 heteroatoms. The molecule has 5 heterocycles. The van der Waals surface area contributed by atoms with Crippen molar-refractivity contribution in [1.82, 2.24) is 10.2 Å². The van der Waals surface area contributed by atoms with Gasteiger partial charge in [0.1, 0.15) is 5.54 Å². The Morgan fingerprint density at radius 3 is 2.54 bits per heavy atom. The third-order valence-corrected chi connectivity index (χ3v) is 13.7. The van der Waals surface area contributed by atoms with Gasteiger partial charge in [-0.3, -0.25) is 19.3 Å². The highest BCUT2D eigenvalue weighted by Gasteiger charge is 2.66. The minimum atomic E-state index is -3.45. The van der Waals surface area contributed by atoms with Gasteiger partial charge in [-0.2, -0.15) is 0 Å². The summed E-state index contributed by atoms with van der Waals surface area (Å²) in [5, 5.41) is 16.2. The molecular formula is C34H44FN5O5Si. The first-order valence-corrected chi connectivity index (χ1v) is 19.6. The zero-order valence-corrected chi connectivity index (χ0v) is 27.8. The average Bonchev–Trinajstić information content (AvgIpc) is 3.77. The predicted molar refractivity (Wildman–Crippen MR) is 176 cm³/mol. The molecule has 10 nitrogen and oxygen atoms in total. The van der Waals surface area contributed by atoms with Crippen LogP contribution in [0.4, 0.5) is 21.2 Å². The maximum absolute atomic E-state index is 16.2. The van der Waals surface area contributed by atoms with E-state index < -0.39 is 37.1 Å². The van der Waals surface area contributed by atoms with E-state index in [2.05, 4.69) is 15.5 Å². The van der Waals surface area contributed by atoms with Crippen molar-refractivity contribution >= 4 is 43.2 Å². The van der Waals surface area contributed by atoms with E-state index in [4.69, 9.17) is 4.74 Å². The Morgan fingerprint density at radius 2 is 1.85 bits per heavy atom. The summed E-state index contributed by atoms with van der Waals surface area (Å²) >= 11 is 0. The topological polar surface area (TPSA) is 114 Å². The Balaban J connectivity index is 1.24. The lowest BCUT2D eigenvalue weighted by Crippen LogP contribution is -2.55. The number of aliphatic hydroxyl groups is 1. The molecule has 0 aromatic heterocycles. The second-order valence-electron chi connectivity index (χ2n) is 14.1. The molecule has 46 heavy (non-hydrogen) atoms. The summed E-state index contributed by atoms with van der Waals surface area (Å²) in [4.78, 5) is 47.5. The molecule has 2 spiro atoms. The number of amides is 3. The van der Waals surface area contributed by atoms with E-state index in [-0.39, 0.29) is 36.8 Å². The van der Waals surface area contributed by atoms with Crippen molar-refractivity contribution in [3.63, 3.8) is 0 Å². The zero-order chi connectivity index (χ0) is 32.4. The minimum Gasteiger partial charge on any atom is -0.394 e. The fourth-order valence-corrected chi connectivity index (χ4v) is 11.5. The number of carbonyl (C=O) groups excluding carboxylic acids is 3. The lowest BCUT2D eigenvalue weighted by Gasteiger charge is -2.39. The summed E-state index contributed by atoms with van der Waals surface area (Å²) in [7, 11) is -3.45. The van der Waals surface area contributed by atoms with E-state index in [1.807, 2.05) is 55.5 Å². The molecule has 0 bridgehead atoms. The van der Waals surface area contributed by atoms with Gasteiger partial charge in [0.05, 0.1) is 31.8 Å². The van der Waals surface area contributed by atoms with Gasteiger partial charge in [0.25, 0.3) is 11.8 Å². The number of nitrogens with one attached hydrogen (secondary N) is 2. The molecule has 0 aliphatic carbocycles. The molecule has 0 unspecified atom stereocenters. The molecule has 7 rings (SSSR count). The molecule has 0 saturated carbocycles. The number of nitrogens with zero attached hydrogens (tertiary/aromatic N) is 3. The third-order valence-electron chi connectivity index (χ3n) is 11.2. The van der Waals surface area contributed by atoms with E-state index in [0.29, 0.717) is 43.0 Å². The minimum absolute atomic E-state index is 0.0206. The van der Waals surface area contributed by atoms with Crippen LogP contribution in [-0.2, 0) is 24.7 Å². The van der Waals surface area contributed by atoms with Gasteiger partial charge in [-0.25, -0.2) is 0 Å². The monoisotopic (exact) mass is 649 g/mol. The largest absolute Gasteiger partial charge is 0.394 e. The van der Waals surface area contributed by atoms with Crippen LogP contribution in [0.3, 0.4) is 0 Å². The number of fused-ring (bicyclic) bond motifs is 2. The van der Waals surface area contributed by atoms with Crippen LogP contribution in [0.5, 0.6) is 0 Å². The summed E-state index contributed by atoms with van der Waals surface area (Å²) in [5.41, 5.74) is 0.00111. The Labute approximate surface area is 270 Å². The van der Waals surface area contributed by atoms with Crippen LogP contribution < -0.4 is 20.4 Å². The second kappa shape index (κ2) is 11.4. The van der Waals surface area contributed by atoms with Crippen molar-refractivity contribution in [2.75, 3.05) is 48.0 Å². The first-order valence-electron chi connectivity index (χ1n) is 16.6. The van der Waals surface area contributed by atoms with Gasteiger partial charge in [0.2, 0.25) is 14.3 Å². The summed E-state index contributed by atoms with van der Waals surface area (Å²) in [5.74, 6) is -1.08. The van der Waals surface area contributed by atoms with Crippen molar-refractivity contribution in [2.45, 2.75) is 80.9 Å². The number of ether oxygens (including phenoxy) is 1. The Hall–Kier alpha value is -3.32. The van der Waals surface area contributed by atoms with Crippen LogP contribution in [0.15, 0.2) is 48.5 Å². The normalized spacial score (nSPS) is 30.5. The molecule has 4 fully saturated rings. The summed E-state index contributed by atoms with van der Waals surface area (Å²) in [6, 6.07) is 15.3. The lowest BCUT2D eigenvalue weighted by atomic mass is 9.82. The molecule has 3 amide bonds. The number of halogens is 1. The Bertz CT molecular complexity index is 1530. The number of benzene rings is 2. The number of anilines is 3. The quantitative estimate of drug-likeness (QED) is 0.323. The number of carbonyl (C=O) groups is 3. The summed E-state index contributed by atoms with van der Waals surface area (Å²) in [6.45, 7) is 7.36. The fraction of sp³-hybridized carbons (Fsp3) is 0.559. The van der Waals surface area contributed by atoms with Crippen LogP contribution in [0.2, 0.25) is 18.6 Å². The van der Waals surface area contributed by atoms with Crippen molar-refractivity contribution in [1.29, 1.82) is 0 Å². The maximum atomic E-state index is 16.2. The predicted octanol–water partition coefficient (Wildman–Crippen LogP) is 3.72. The highest BCUT2D eigenvalue weighted by atomic mass is 28.4. The number of hydrogen-bond donors (Lipinski definition) is 3. The van der Waals surface area contributed by atoms with Gasteiger partial charge >= 0.3 is 0 Å². The molecule has 5 atom stereocenters. The molecule has 246 valence electrons. The van der Waals surface area contributed by atoms with Crippen LogP contribution in [0.25, 0.3) is 0 Å². The number of para-hydroxylation sites is 1. The fourth-order valence-electron chi connectivity index (χ4n) is 9.03. The highest BCUT2D eigenvalue weighted by molar-refractivity contribution is 6.72. The maximum Gasteiger partial charge on any atom is 0.261 e. The zero-order valence-electron chi connectivity index (χ0n) is 26.8. The van der Waals surface area contributed by atoms with Crippen LogP contribution in [-0.4, -0.2) is 86.7 Å². The Kier molecular flexibility index (Phi) is 7.77. The summed E-state index contributed by atoms with van der Waals surface area (Å²) in [6.07, 6.45) is 2.04. The third kappa shape index (κ3) is 4.70. The average molecular weight is 650 g/mol. The van der Waals surface area contributed by atoms with Crippen LogP contribution >= 0.6 is 0 Å². The van der Waals surface area contributed by atoms with Gasteiger partial charge in [-0.05, 0) is 82.2 Å². The van der Waals surface area contributed by atoms with Crippen molar-refractivity contribution < 1.29 is 28.3 Å². The number of rotatable bonds is 6. The smallest absolute Gasteiger partial charge is 0.261 e. The number of likely N-dealkylation sites (tertiary alicyclic amines) is 1. The highest BCUT2D eigenvalue weighted by Crippen LogP contribution is 2.59. The van der Waals surface area contributed by atoms with Crippen molar-refractivity contribution in [3.8, 4) is 0 Å². The van der Waals surface area contributed by atoms with Gasteiger partial charge in [0.15, 0.2) is 5.60 Å². The van der Waals surface area contributed by atoms with E-state index in [1.165, 1.54) is 0 Å². The summed E-state index contributed by atoms with van der Waals surface area (Å²) < 4.78 is 22.9. The first-order chi connectivity index (χ1) is 22.0. The van der Waals surface area contributed by atoms with Gasteiger partial charge < -0.3 is 34.4 Å². The molecule has 2 aromatic carbocycles. The van der Waals surface area contributed by atoms with Gasteiger partial charge in [-0.1, -0.05) is 25.1 Å². The Morgan fingerprint density at radius 1 is 1.11 bits per heavy atom. The molecule has 4 saturated heterocycles. The number of piperidine rings is 1. The van der Waals surface area contributed by atoms with E-state index >= 15 is 4.11 Å². The van der Waals surface area contributed by atoms with E-state index in [9.17, 15) is 19.5 Å². The van der Waals surface area contributed by atoms with Gasteiger partial charge in [-0.15, -0.1) is 0 Å². The van der Waals surface area contributed by atoms with Crippen molar-refractivity contribution in [2.24, 2.45) is 5.92 Å².